The first-order valence-electron chi connectivity index (χ1n) is 11.5. The van der Waals surface area contributed by atoms with E-state index in [1.165, 1.54) is 59.7 Å². The van der Waals surface area contributed by atoms with Gasteiger partial charge in [-0.05, 0) is 54.8 Å². The fraction of sp³-hybridized carbons (Fsp3) is 0.440. The number of methoxy groups -OCH3 is 2. The molecule has 0 aliphatic rings. The summed E-state index contributed by atoms with van der Waals surface area (Å²) in [7, 11) is -0.715. The Morgan fingerprint density at radius 2 is 1.69 bits per heavy atom. The minimum absolute atomic E-state index is 0.105. The van der Waals surface area contributed by atoms with Crippen LogP contribution in [0.1, 0.15) is 42.6 Å². The summed E-state index contributed by atoms with van der Waals surface area (Å²) in [6, 6.07) is 12.2. The highest BCUT2D eigenvalue weighted by atomic mass is 32.2. The molecule has 0 saturated heterocycles. The van der Waals surface area contributed by atoms with Crippen LogP contribution in [0.4, 0.5) is 0 Å². The molecular formula is C25H33N3O5S2. The Hall–Kier alpha value is -2.37. The molecule has 2 aromatic carbocycles. The second-order valence-electron chi connectivity index (χ2n) is 8.34. The first-order valence-corrected chi connectivity index (χ1v) is 13.8. The third kappa shape index (κ3) is 6.25. The number of benzene rings is 2. The lowest BCUT2D eigenvalue weighted by Gasteiger charge is -2.21. The summed E-state index contributed by atoms with van der Waals surface area (Å²) in [6.07, 6.45) is 0. The van der Waals surface area contributed by atoms with E-state index in [2.05, 4.69) is 37.0 Å². The van der Waals surface area contributed by atoms with Crippen LogP contribution in [0.3, 0.4) is 0 Å². The highest BCUT2D eigenvalue weighted by Gasteiger charge is 2.24. The van der Waals surface area contributed by atoms with Crippen molar-refractivity contribution in [1.29, 1.82) is 0 Å². The Morgan fingerprint density at radius 1 is 1.06 bits per heavy atom. The highest BCUT2D eigenvalue weighted by molar-refractivity contribution is 7.89. The van der Waals surface area contributed by atoms with Crippen LogP contribution < -0.4 is 4.80 Å². The van der Waals surface area contributed by atoms with Crippen molar-refractivity contribution in [1.82, 2.24) is 8.87 Å². The van der Waals surface area contributed by atoms with Crippen molar-refractivity contribution in [3.63, 3.8) is 0 Å². The molecule has 0 atom stereocenters. The van der Waals surface area contributed by atoms with Crippen molar-refractivity contribution >= 4 is 37.5 Å². The minimum atomic E-state index is -3.76. The van der Waals surface area contributed by atoms with Gasteiger partial charge in [0.05, 0.1) is 28.3 Å². The van der Waals surface area contributed by atoms with E-state index < -0.39 is 15.9 Å². The standard InChI is InChI=1S/C25H33N3O5S2/c1-6-28-22-12-9-20(18(2)3)17-23(22)34-25(28)26-24(29)19-7-10-21(11-8-19)35(30,31)27(13-15-32-4)14-16-33-5/h7-12,17-18H,6,13-16H2,1-5H3. The number of amides is 1. The minimum Gasteiger partial charge on any atom is -0.383 e. The fourth-order valence-electron chi connectivity index (χ4n) is 3.65. The van der Waals surface area contributed by atoms with Gasteiger partial charge in [0.2, 0.25) is 10.0 Å². The second-order valence-corrected chi connectivity index (χ2v) is 11.3. The SMILES string of the molecule is CCn1c(=NC(=O)c2ccc(S(=O)(=O)N(CCOC)CCOC)cc2)sc2cc(C(C)C)ccc21. The van der Waals surface area contributed by atoms with Crippen molar-refractivity contribution in [2.45, 2.75) is 38.1 Å². The van der Waals surface area contributed by atoms with E-state index in [9.17, 15) is 13.2 Å². The van der Waals surface area contributed by atoms with Gasteiger partial charge in [-0.2, -0.15) is 9.30 Å². The fourth-order valence-corrected chi connectivity index (χ4v) is 6.20. The zero-order valence-electron chi connectivity index (χ0n) is 20.9. The average molecular weight is 520 g/mol. The lowest BCUT2D eigenvalue weighted by molar-refractivity contribution is 0.0997. The van der Waals surface area contributed by atoms with Gasteiger partial charge in [-0.25, -0.2) is 8.42 Å². The van der Waals surface area contributed by atoms with Crippen LogP contribution in [0.15, 0.2) is 52.4 Å². The molecule has 1 heterocycles. The maximum atomic E-state index is 13.1. The number of sulfonamides is 1. The first kappa shape index (κ1) is 27.2. The monoisotopic (exact) mass is 519 g/mol. The predicted molar refractivity (Wildman–Crippen MR) is 138 cm³/mol. The Morgan fingerprint density at radius 3 is 2.23 bits per heavy atom. The summed E-state index contributed by atoms with van der Waals surface area (Å²) in [6.45, 7) is 7.95. The molecule has 0 aliphatic carbocycles. The number of thiazole rings is 1. The van der Waals surface area contributed by atoms with E-state index in [0.717, 1.165) is 10.2 Å². The maximum Gasteiger partial charge on any atom is 0.279 e. The van der Waals surface area contributed by atoms with Gasteiger partial charge in [-0.3, -0.25) is 4.79 Å². The number of ether oxygens (including phenoxy) is 2. The lowest BCUT2D eigenvalue weighted by Crippen LogP contribution is -2.36. The van der Waals surface area contributed by atoms with E-state index in [4.69, 9.17) is 9.47 Å². The van der Waals surface area contributed by atoms with Gasteiger partial charge in [0.15, 0.2) is 4.80 Å². The molecule has 3 rings (SSSR count). The molecule has 1 amide bonds. The zero-order chi connectivity index (χ0) is 25.6. The van der Waals surface area contributed by atoms with Gasteiger partial charge in [0, 0.05) is 39.4 Å². The number of aromatic nitrogens is 1. The predicted octanol–water partition coefficient (Wildman–Crippen LogP) is 3.87. The second kappa shape index (κ2) is 12.0. The Balaban J connectivity index is 1.90. The van der Waals surface area contributed by atoms with E-state index in [1.54, 1.807) is 0 Å². The number of hydrogen-bond donors (Lipinski definition) is 0. The summed E-state index contributed by atoms with van der Waals surface area (Å²) < 4.78 is 40.7. The van der Waals surface area contributed by atoms with Crippen LogP contribution in [0, 0.1) is 0 Å². The summed E-state index contributed by atoms with van der Waals surface area (Å²) in [4.78, 5) is 18.0. The third-order valence-corrected chi connectivity index (χ3v) is 8.67. The third-order valence-electron chi connectivity index (χ3n) is 5.72. The smallest absolute Gasteiger partial charge is 0.279 e. The number of carbonyl (C=O) groups is 1. The molecule has 0 radical (unpaired) electrons. The van der Waals surface area contributed by atoms with Crippen molar-refractivity contribution in [2.24, 2.45) is 4.99 Å². The summed E-state index contributed by atoms with van der Waals surface area (Å²) in [5.41, 5.74) is 2.61. The Kier molecular flexibility index (Phi) is 9.37. The van der Waals surface area contributed by atoms with Crippen LogP contribution in [-0.2, 0) is 26.0 Å². The van der Waals surface area contributed by atoms with Crippen molar-refractivity contribution in [3.8, 4) is 0 Å². The summed E-state index contributed by atoms with van der Waals surface area (Å²) >= 11 is 1.48. The number of hydrogen-bond acceptors (Lipinski definition) is 6. The highest BCUT2D eigenvalue weighted by Crippen LogP contribution is 2.24. The van der Waals surface area contributed by atoms with E-state index in [-0.39, 0.29) is 31.2 Å². The number of rotatable bonds is 11. The van der Waals surface area contributed by atoms with E-state index in [0.29, 0.717) is 22.8 Å². The molecule has 0 bridgehead atoms. The molecule has 0 aliphatic heterocycles. The van der Waals surface area contributed by atoms with Crippen molar-refractivity contribution in [3.05, 3.63) is 58.4 Å². The molecule has 0 spiro atoms. The van der Waals surface area contributed by atoms with Gasteiger partial charge in [-0.1, -0.05) is 31.3 Å². The first-order chi connectivity index (χ1) is 16.7. The van der Waals surface area contributed by atoms with Gasteiger partial charge >= 0.3 is 0 Å². The van der Waals surface area contributed by atoms with Crippen molar-refractivity contribution in [2.75, 3.05) is 40.5 Å². The lowest BCUT2D eigenvalue weighted by atomic mass is 10.0. The van der Waals surface area contributed by atoms with E-state index in [1.807, 2.05) is 11.5 Å². The number of aryl methyl sites for hydroxylation is 1. The number of fused-ring (bicyclic) bond motifs is 1. The molecule has 1 aromatic heterocycles. The molecule has 0 saturated carbocycles. The van der Waals surface area contributed by atoms with Gasteiger partial charge < -0.3 is 14.0 Å². The largest absolute Gasteiger partial charge is 0.383 e. The molecule has 0 N–H and O–H groups in total. The summed E-state index contributed by atoms with van der Waals surface area (Å²) in [5, 5.41) is 0. The normalized spacial score (nSPS) is 12.8. The molecule has 0 fully saturated rings. The van der Waals surface area contributed by atoms with Gasteiger partial charge in [-0.15, -0.1) is 0 Å². The summed E-state index contributed by atoms with van der Waals surface area (Å²) in [5.74, 6) is -0.00396. The molecule has 35 heavy (non-hydrogen) atoms. The van der Waals surface area contributed by atoms with Crippen LogP contribution in [0.25, 0.3) is 10.2 Å². The maximum absolute atomic E-state index is 13.1. The van der Waals surface area contributed by atoms with Gasteiger partial charge in [0.1, 0.15) is 0 Å². The number of nitrogens with zero attached hydrogens (tertiary/aromatic N) is 3. The van der Waals surface area contributed by atoms with Crippen molar-refractivity contribution < 1.29 is 22.7 Å². The quantitative estimate of drug-likeness (QED) is 0.384. The Bertz CT molecular complexity index is 1320. The van der Waals surface area contributed by atoms with Crippen LogP contribution >= 0.6 is 11.3 Å². The molecule has 3 aromatic rings. The Labute approximate surface area is 210 Å². The van der Waals surface area contributed by atoms with Crippen LogP contribution in [0.5, 0.6) is 0 Å². The van der Waals surface area contributed by atoms with Gasteiger partial charge in [0.25, 0.3) is 5.91 Å². The molecule has 0 unspecified atom stereocenters. The number of carbonyl (C=O) groups excluding carboxylic acids is 1. The zero-order valence-corrected chi connectivity index (χ0v) is 22.5. The molecule has 190 valence electrons. The average Bonchev–Trinajstić information content (AvgIpc) is 3.19. The molecular weight excluding hydrogens is 486 g/mol. The molecule has 8 nitrogen and oxygen atoms in total. The van der Waals surface area contributed by atoms with Crippen LogP contribution in [-0.4, -0.2) is 63.7 Å². The molecule has 10 heteroatoms. The topological polar surface area (TPSA) is 90.2 Å². The van der Waals surface area contributed by atoms with Crippen LogP contribution in [0.2, 0.25) is 0 Å². The van der Waals surface area contributed by atoms with E-state index >= 15 is 0 Å².